The molecule has 1 aliphatic heterocycles. The number of hydrogen-bond acceptors (Lipinski definition) is 6. The van der Waals surface area contributed by atoms with Gasteiger partial charge >= 0.3 is 6.09 Å². The normalized spacial score (nSPS) is 15.2. The Hall–Kier alpha value is -2.06. The number of ether oxygens (including phenoxy) is 2. The van der Waals surface area contributed by atoms with E-state index in [0.29, 0.717) is 36.4 Å². The van der Waals surface area contributed by atoms with E-state index in [1.807, 2.05) is 20.8 Å². The van der Waals surface area contributed by atoms with Crippen LogP contribution in [0.3, 0.4) is 0 Å². The molecular formula is C21H27ClFN3O3S. The van der Waals surface area contributed by atoms with Crippen LogP contribution in [0, 0.1) is 11.7 Å². The van der Waals surface area contributed by atoms with E-state index in [1.165, 1.54) is 17.4 Å². The van der Waals surface area contributed by atoms with Crippen LogP contribution in [0.1, 0.15) is 38.5 Å². The van der Waals surface area contributed by atoms with Crippen LogP contribution >= 0.6 is 22.9 Å². The van der Waals surface area contributed by atoms with E-state index in [1.54, 1.807) is 23.2 Å². The number of hydrogen-bond donors (Lipinski definition) is 1. The third-order valence-electron chi connectivity index (χ3n) is 4.68. The predicted octanol–water partition coefficient (Wildman–Crippen LogP) is 5.57. The monoisotopic (exact) mass is 455 g/mol. The highest BCUT2D eigenvalue weighted by atomic mass is 35.5. The molecule has 0 unspecified atom stereocenters. The van der Waals surface area contributed by atoms with Gasteiger partial charge in [-0.05, 0) is 51.7 Å². The van der Waals surface area contributed by atoms with Crippen LogP contribution in [-0.2, 0) is 11.3 Å². The Morgan fingerprint density at radius 3 is 2.73 bits per heavy atom. The van der Waals surface area contributed by atoms with Gasteiger partial charge in [-0.3, -0.25) is 0 Å². The van der Waals surface area contributed by atoms with Gasteiger partial charge in [-0.25, -0.2) is 14.2 Å². The summed E-state index contributed by atoms with van der Waals surface area (Å²) in [7, 11) is 0. The maximum atomic E-state index is 14.4. The van der Waals surface area contributed by atoms with E-state index in [-0.39, 0.29) is 17.8 Å². The molecule has 3 rings (SSSR count). The Balaban J connectivity index is 1.52. The highest BCUT2D eigenvalue weighted by molar-refractivity contribution is 7.15. The number of nitrogens with one attached hydrogen (secondary N) is 1. The van der Waals surface area contributed by atoms with Crippen LogP contribution in [0.5, 0.6) is 5.75 Å². The van der Waals surface area contributed by atoms with Crippen molar-refractivity contribution in [1.29, 1.82) is 0 Å². The number of nitrogens with zero attached hydrogens (tertiary/aromatic N) is 2. The minimum Gasteiger partial charge on any atom is -0.488 e. The van der Waals surface area contributed by atoms with Crippen molar-refractivity contribution in [3.8, 4) is 5.75 Å². The lowest BCUT2D eigenvalue weighted by molar-refractivity contribution is 0.0164. The fraction of sp³-hybridized carbons (Fsp3) is 0.524. The molecule has 164 valence electrons. The van der Waals surface area contributed by atoms with Gasteiger partial charge in [0.15, 0.2) is 16.0 Å². The van der Waals surface area contributed by atoms with Crippen molar-refractivity contribution in [2.24, 2.45) is 5.92 Å². The van der Waals surface area contributed by atoms with E-state index in [4.69, 9.17) is 21.1 Å². The number of rotatable bonds is 6. The third kappa shape index (κ3) is 6.47. The van der Waals surface area contributed by atoms with Gasteiger partial charge in [0, 0.05) is 24.2 Å². The fourth-order valence-corrected chi connectivity index (χ4v) is 4.07. The van der Waals surface area contributed by atoms with Gasteiger partial charge in [-0.1, -0.05) is 17.7 Å². The smallest absolute Gasteiger partial charge is 0.410 e. The number of para-hydroxylation sites is 1. The van der Waals surface area contributed by atoms with Gasteiger partial charge in [0.25, 0.3) is 0 Å². The van der Waals surface area contributed by atoms with Crippen molar-refractivity contribution in [2.75, 3.05) is 25.0 Å². The second-order valence-corrected chi connectivity index (χ2v) is 9.97. The zero-order valence-electron chi connectivity index (χ0n) is 17.4. The summed E-state index contributed by atoms with van der Waals surface area (Å²) in [5.41, 5.74) is 0.0844. The van der Waals surface area contributed by atoms with E-state index in [2.05, 4.69) is 10.3 Å². The molecule has 1 aromatic carbocycles. The summed E-state index contributed by atoms with van der Waals surface area (Å²) in [5.74, 6) is 0.0488. The van der Waals surface area contributed by atoms with Crippen LogP contribution < -0.4 is 10.1 Å². The summed E-state index contributed by atoms with van der Waals surface area (Å²) >= 11 is 7.23. The summed E-state index contributed by atoms with van der Waals surface area (Å²) in [6.45, 7) is 7.66. The van der Waals surface area contributed by atoms with Gasteiger partial charge in [-0.15, -0.1) is 11.3 Å². The first kappa shape index (κ1) is 22.6. The Labute approximate surface area is 185 Å². The maximum Gasteiger partial charge on any atom is 0.410 e. The van der Waals surface area contributed by atoms with Crippen molar-refractivity contribution < 1.29 is 18.7 Å². The van der Waals surface area contributed by atoms with Gasteiger partial charge in [0.2, 0.25) is 0 Å². The minimum atomic E-state index is -0.504. The first-order valence-corrected chi connectivity index (χ1v) is 11.1. The number of amides is 1. The van der Waals surface area contributed by atoms with Crippen molar-refractivity contribution in [3.63, 3.8) is 0 Å². The first-order valence-electron chi connectivity index (χ1n) is 9.94. The molecule has 6 nitrogen and oxygen atoms in total. The lowest BCUT2D eigenvalue weighted by atomic mass is 9.98. The molecule has 2 aromatic rings. The van der Waals surface area contributed by atoms with Crippen molar-refractivity contribution >= 4 is 34.7 Å². The Morgan fingerprint density at radius 1 is 1.37 bits per heavy atom. The average molecular weight is 456 g/mol. The van der Waals surface area contributed by atoms with Crippen molar-refractivity contribution in [3.05, 3.63) is 39.6 Å². The SMILES string of the molecule is CC(C)(C)OC(=O)N1CCC(COc2c(F)cccc2NCc2cnc(Cl)s2)CC1. The first-order chi connectivity index (χ1) is 14.2. The number of benzene rings is 1. The number of carbonyl (C=O) groups excluding carboxylic acids is 1. The molecule has 0 spiro atoms. The summed E-state index contributed by atoms with van der Waals surface area (Å²) in [6, 6.07) is 4.81. The number of likely N-dealkylation sites (tertiary alicyclic amines) is 1. The van der Waals surface area contributed by atoms with E-state index >= 15 is 0 Å². The summed E-state index contributed by atoms with van der Waals surface area (Å²) in [5, 5.41) is 3.19. The zero-order valence-corrected chi connectivity index (χ0v) is 19.0. The minimum absolute atomic E-state index is 0.211. The van der Waals surface area contributed by atoms with Gasteiger partial charge in [0.05, 0.1) is 18.8 Å². The van der Waals surface area contributed by atoms with Gasteiger partial charge < -0.3 is 19.7 Å². The molecule has 1 aromatic heterocycles. The highest BCUT2D eigenvalue weighted by Gasteiger charge is 2.27. The lowest BCUT2D eigenvalue weighted by Gasteiger charge is -2.33. The van der Waals surface area contributed by atoms with Crippen LogP contribution in [0.25, 0.3) is 0 Å². The second-order valence-electron chi connectivity index (χ2n) is 8.27. The summed E-state index contributed by atoms with van der Waals surface area (Å²) in [4.78, 5) is 18.9. The van der Waals surface area contributed by atoms with E-state index in [9.17, 15) is 9.18 Å². The molecule has 0 radical (unpaired) electrons. The molecular weight excluding hydrogens is 429 g/mol. The quantitative estimate of drug-likeness (QED) is 0.616. The molecule has 1 fully saturated rings. The zero-order chi connectivity index (χ0) is 21.7. The van der Waals surface area contributed by atoms with Crippen LogP contribution in [0.4, 0.5) is 14.9 Å². The number of thiazole rings is 1. The molecule has 0 saturated carbocycles. The summed E-state index contributed by atoms with van der Waals surface area (Å²) < 4.78 is 26.2. The van der Waals surface area contributed by atoms with Crippen molar-refractivity contribution in [1.82, 2.24) is 9.88 Å². The molecule has 1 N–H and O–H groups in total. The van der Waals surface area contributed by atoms with Gasteiger partial charge in [0.1, 0.15) is 5.60 Å². The Kier molecular flexibility index (Phi) is 7.41. The number of carbonyl (C=O) groups is 1. The number of piperidine rings is 1. The molecule has 2 heterocycles. The van der Waals surface area contributed by atoms with Gasteiger partial charge in [-0.2, -0.15) is 0 Å². The highest BCUT2D eigenvalue weighted by Crippen LogP contribution is 2.30. The van der Waals surface area contributed by atoms with E-state index in [0.717, 1.165) is 17.7 Å². The molecule has 9 heteroatoms. The molecule has 1 aliphatic rings. The number of aromatic nitrogens is 1. The number of anilines is 1. The van der Waals surface area contributed by atoms with Crippen LogP contribution in [0.15, 0.2) is 24.4 Å². The van der Waals surface area contributed by atoms with Crippen LogP contribution in [0.2, 0.25) is 4.47 Å². The molecule has 0 aliphatic carbocycles. The largest absolute Gasteiger partial charge is 0.488 e. The molecule has 0 bridgehead atoms. The average Bonchev–Trinajstić information content (AvgIpc) is 3.10. The molecule has 1 amide bonds. The molecule has 0 atom stereocenters. The Bertz CT molecular complexity index is 863. The fourth-order valence-electron chi connectivity index (χ4n) is 3.15. The predicted molar refractivity (Wildman–Crippen MR) is 117 cm³/mol. The lowest BCUT2D eigenvalue weighted by Crippen LogP contribution is -2.42. The van der Waals surface area contributed by atoms with E-state index < -0.39 is 11.4 Å². The standard InChI is InChI=1S/C21H27ClFN3O3S/c1-21(2,3)29-20(27)26-9-7-14(8-10-26)13-28-18-16(23)5-4-6-17(18)24-11-15-12-25-19(22)30-15/h4-6,12,14,24H,7-11,13H2,1-3H3. The number of halogens is 2. The molecule has 1 saturated heterocycles. The van der Waals surface area contributed by atoms with Crippen molar-refractivity contribution in [2.45, 2.75) is 45.8 Å². The third-order valence-corrected chi connectivity index (χ3v) is 5.79. The van der Waals surface area contributed by atoms with Crippen LogP contribution in [-0.4, -0.2) is 41.3 Å². The topological polar surface area (TPSA) is 63.7 Å². The Morgan fingerprint density at radius 2 is 2.10 bits per heavy atom. The molecule has 30 heavy (non-hydrogen) atoms. The summed E-state index contributed by atoms with van der Waals surface area (Å²) in [6.07, 6.45) is 2.98. The second kappa shape index (κ2) is 9.83. The maximum absolute atomic E-state index is 14.4.